The lowest BCUT2D eigenvalue weighted by Crippen LogP contribution is -2.54. The first kappa shape index (κ1) is 31.6. The summed E-state index contributed by atoms with van der Waals surface area (Å²) in [4.78, 5) is 57.8. The number of aryl methyl sites for hydroxylation is 2. The quantitative estimate of drug-likeness (QED) is 0.311. The standard InChI is InChI=1S/C31H42N4O6/c1-6-24-11-13-26(14-12-24)33-29(39)40-21-31(28(38)32-19-25-10-8-7-9-23(25)2)15-17-34(18-16-31)27(37)20-35(22-36)41-30(3,4)5/h7-14,22H,6,15-21H2,1-5H3,(H,32,38)(H,33,39). The zero-order valence-corrected chi connectivity index (χ0v) is 24.7. The Morgan fingerprint density at radius 3 is 2.29 bits per heavy atom. The summed E-state index contributed by atoms with van der Waals surface area (Å²) in [6, 6.07) is 15.3. The number of hydroxylamine groups is 2. The van der Waals surface area contributed by atoms with E-state index in [1.807, 2.05) is 43.3 Å². The average molecular weight is 567 g/mol. The van der Waals surface area contributed by atoms with Crippen LogP contribution in [0.3, 0.4) is 0 Å². The number of nitrogens with one attached hydrogen (secondary N) is 2. The maximum Gasteiger partial charge on any atom is 0.411 e. The summed E-state index contributed by atoms with van der Waals surface area (Å²) in [5.74, 6) is -0.525. The van der Waals surface area contributed by atoms with Crippen molar-refractivity contribution in [3.8, 4) is 0 Å². The second-order valence-electron chi connectivity index (χ2n) is 11.4. The largest absolute Gasteiger partial charge is 0.448 e. The summed E-state index contributed by atoms with van der Waals surface area (Å²) >= 11 is 0. The Morgan fingerprint density at radius 1 is 1.05 bits per heavy atom. The molecule has 2 N–H and O–H groups in total. The highest BCUT2D eigenvalue weighted by Crippen LogP contribution is 2.33. The molecule has 222 valence electrons. The van der Waals surface area contributed by atoms with Crippen LogP contribution < -0.4 is 10.6 Å². The van der Waals surface area contributed by atoms with Crippen LogP contribution in [0.25, 0.3) is 0 Å². The van der Waals surface area contributed by atoms with Crippen LogP contribution in [-0.4, -0.2) is 66.1 Å². The number of hydrogen-bond donors (Lipinski definition) is 2. The van der Waals surface area contributed by atoms with Crippen molar-refractivity contribution in [2.75, 3.05) is 31.6 Å². The number of carbonyl (C=O) groups excluding carboxylic acids is 4. The number of benzene rings is 2. The van der Waals surface area contributed by atoms with Crippen molar-refractivity contribution in [3.05, 3.63) is 65.2 Å². The van der Waals surface area contributed by atoms with Crippen molar-refractivity contribution in [3.63, 3.8) is 0 Å². The third-order valence-electron chi connectivity index (χ3n) is 7.14. The molecular formula is C31H42N4O6. The summed E-state index contributed by atoms with van der Waals surface area (Å²) in [6.07, 6.45) is 1.30. The molecule has 1 aliphatic rings. The van der Waals surface area contributed by atoms with Gasteiger partial charge in [0.1, 0.15) is 13.2 Å². The predicted molar refractivity (Wildman–Crippen MR) is 156 cm³/mol. The second-order valence-corrected chi connectivity index (χ2v) is 11.4. The molecule has 0 atom stereocenters. The van der Waals surface area contributed by atoms with E-state index >= 15 is 0 Å². The van der Waals surface area contributed by atoms with Gasteiger partial charge in [-0.1, -0.05) is 43.3 Å². The van der Waals surface area contributed by atoms with Gasteiger partial charge in [0.15, 0.2) is 0 Å². The molecule has 1 fully saturated rings. The smallest absolute Gasteiger partial charge is 0.411 e. The van der Waals surface area contributed by atoms with Gasteiger partial charge in [0.2, 0.25) is 18.2 Å². The van der Waals surface area contributed by atoms with Crippen molar-refractivity contribution >= 4 is 30.0 Å². The Morgan fingerprint density at radius 2 is 1.71 bits per heavy atom. The van der Waals surface area contributed by atoms with Crippen LogP contribution in [-0.2, 0) is 36.9 Å². The minimum absolute atomic E-state index is 0.138. The lowest BCUT2D eigenvalue weighted by atomic mass is 9.78. The SMILES string of the molecule is CCc1ccc(NC(=O)OCC2(C(=O)NCc3ccccc3C)CCN(C(=O)CN(C=O)OC(C)(C)C)CC2)cc1. The summed E-state index contributed by atoms with van der Waals surface area (Å²) in [6.45, 7) is 9.89. The predicted octanol–water partition coefficient (Wildman–Crippen LogP) is 4.22. The molecule has 1 aliphatic heterocycles. The molecule has 0 saturated carbocycles. The molecule has 10 heteroatoms. The van der Waals surface area contributed by atoms with Gasteiger partial charge in [-0.15, -0.1) is 0 Å². The van der Waals surface area contributed by atoms with Crippen LogP contribution in [0.5, 0.6) is 0 Å². The van der Waals surface area contributed by atoms with Gasteiger partial charge < -0.3 is 15.0 Å². The van der Waals surface area contributed by atoms with E-state index in [1.165, 1.54) is 0 Å². The maximum absolute atomic E-state index is 13.6. The Bertz CT molecular complexity index is 1200. The molecule has 3 rings (SSSR count). The summed E-state index contributed by atoms with van der Waals surface area (Å²) in [5.41, 5.74) is 2.15. The molecule has 4 amide bonds. The van der Waals surface area contributed by atoms with E-state index in [0.29, 0.717) is 18.6 Å². The van der Waals surface area contributed by atoms with E-state index in [-0.39, 0.29) is 50.9 Å². The number of likely N-dealkylation sites (tertiary alicyclic amines) is 1. The first-order chi connectivity index (χ1) is 19.4. The topological polar surface area (TPSA) is 117 Å². The van der Waals surface area contributed by atoms with E-state index in [4.69, 9.17) is 9.57 Å². The Labute approximate surface area is 242 Å². The number of nitrogens with zero attached hydrogens (tertiary/aromatic N) is 2. The molecule has 0 aromatic heterocycles. The van der Waals surface area contributed by atoms with Crippen molar-refractivity contribution in [2.24, 2.45) is 5.41 Å². The fourth-order valence-electron chi connectivity index (χ4n) is 4.65. The molecular weight excluding hydrogens is 524 g/mol. The van der Waals surface area contributed by atoms with Crippen molar-refractivity contribution in [1.29, 1.82) is 0 Å². The van der Waals surface area contributed by atoms with Gasteiger partial charge in [0, 0.05) is 25.3 Å². The molecule has 0 radical (unpaired) electrons. The molecule has 1 heterocycles. The number of amides is 4. The molecule has 2 aromatic rings. The van der Waals surface area contributed by atoms with E-state index in [0.717, 1.165) is 28.2 Å². The molecule has 0 unspecified atom stereocenters. The van der Waals surface area contributed by atoms with E-state index in [9.17, 15) is 19.2 Å². The first-order valence-corrected chi connectivity index (χ1v) is 14.0. The van der Waals surface area contributed by atoms with E-state index in [2.05, 4.69) is 17.6 Å². The Balaban J connectivity index is 1.67. The minimum atomic E-state index is -1.02. The van der Waals surface area contributed by atoms with Gasteiger partial charge >= 0.3 is 6.09 Å². The van der Waals surface area contributed by atoms with Gasteiger partial charge in [-0.25, -0.2) is 9.86 Å². The number of carbonyl (C=O) groups is 4. The van der Waals surface area contributed by atoms with Crippen LogP contribution in [0.15, 0.2) is 48.5 Å². The molecule has 41 heavy (non-hydrogen) atoms. The monoisotopic (exact) mass is 566 g/mol. The van der Waals surface area contributed by atoms with Crippen LogP contribution in [0.1, 0.15) is 57.2 Å². The lowest BCUT2D eigenvalue weighted by Gasteiger charge is -2.40. The first-order valence-electron chi connectivity index (χ1n) is 14.0. The van der Waals surface area contributed by atoms with Crippen LogP contribution in [0, 0.1) is 12.3 Å². The van der Waals surface area contributed by atoms with E-state index in [1.54, 1.807) is 37.8 Å². The fraction of sp³-hybridized carbons (Fsp3) is 0.484. The Kier molecular flexibility index (Phi) is 10.9. The van der Waals surface area contributed by atoms with Gasteiger partial charge in [-0.3, -0.25) is 24.5 Å². The van der Waals surface area contributed by atoms with Crippen LogP contribution in [0.4, 0.5) is 10.5 Å². The molecule has 0 spiro atoms. The fourth-order valence-corrected chi connectivity index (χ4v) is 4.65. The minimum Gasteiger partial charge on any atom is -0.448 e. The summed E-state index contributed by atoms with van der Waals surface area (Å²) in [5, 5.41) is 6.72. The molecule has 0 bridgehead atoms. The number of anilines is 1. The number of ether oxygens (including phenoxy) is 1. The van der Waals surface area contributed by atoms with Crippen LogP contribution >= 0.6 is 0 Å². The Hall–Kier alpha value is -3.92. The maximum atomic E-state index is 13.6. The van der Waals surface area contributed by atoms with Crippen molar-refractivity contribution < 1.29 is 28.8 Å². The van der Waals surface area contributed by atoms with Crippen LogP contribution in [0.2, 0.25) is 0 Å². The number of rotatable bonds is 11. The highest BCUT2D eigenvalue weighted by molar-refractivity contribution is 5.87. The summed E-state index contributed by atoms with van der Waals surface area (Å²) < 4.78 is 5.59. The van der Waals surface area contributed by atoms with Gasteiger partial charge in [0.05, 0.1) is 11.0 Å². The lowest BCUT2D eigenvalue weighted by molar-refractivity contribution is -0.217. The van der Waals surface area contributed by atoms with Gasteiger partial charge in [0.25, 0.3) is 0 Å². The highest BCUT2D eigenvalue weighted by Gasteiger charge is 2.43. The highest BCUT2D eigenvalue weighted by atomic mass is 16.7. The normalized spacial score (nSPS) is 14.6. The average Bonchev–Trinajstić information content (AvgIpc) is 2.95. The molecule has 0 aliphatic carbocycles. The van der Waals surface area contributed by atoms with Gasteiger partial charge in [-0.05, 0) is 75.8 Å². The zero-order valence-electron chi connectivity index (χ0n) is 24.7. The molecule has 10 nitrogen and oxygen atoms in total. The molecule has 2 aromatic carbocycles. The molecule has 1 saturated heterocycles. The second kappa shape index (κ2) is 14.1. The van der Waals surface area contributed by atoms with Crippen molar-refractivity contribution in [1.82, 2.24) is 15.3 Å². The number of hydrogen-bond acceptors (Lipinski definition) is 6. The zero-order chi connectivity index (χ0) is 30.0. The summed E-state index contributed by atoms with van der Waals surface area (Å²) in [7, 11) is 0. The van der Waals surface area contributed by atoms with Crippen molar-refractivity contribution in [2.45, 2.75) is 66.0 Å². The van der Waals surface area contributed by atoms with E-state index < -0.39 is 17.1 Å². The number of piperidine rings is 1. The van der Waals surface area contributed by atoms with Gasteiger partial charge in [-0.2, -0.15) is 0 Å². The third-order valence-corrected chi connectivity index (χ3v) is 7.14. The third kappa shape index (κ3) is 9.31.